The number of nitrogens with one attached hydrogen (secondary N) is 1. The number of nitrogens with zero attached hydrogens (tertiary/aromatic N) is 2. The van der Waals surface area contributed by atoms with Gasteiger partial charge in [-0.25, -0.2) is 0 Å². The van der Waals surface area contributed by atoms with Gasteiger partial charge in [-0.05, 0) is 36.9 Å². The first-order chi connectivity index (χ1) is 13.5. The highest BCUT2D eigenvalue weighted by Gasteiger charge is 2.17. The van der Waals surface area contributed by atoms with Crippen molar-refractivity contribution in [1.82, 2.24) is 9.80 Å². The average molecular weight is 381 g/mol. The monoisotopic (exact) mass is 381 g/mol. The summed E-state index contributed by atoms with van der Waals surface area (Å²) < 4.78 is 5.13. The molecule has 148 valence electrons. The Labute approximate surface area is 166 Å². The van der Waals surface area contributed by atoms with Crippen LogP contribution in [0.15, 0.2) is 48.5 Å². The van der Waals surface area contributed by atoms with E-state index in [2.05, 4.69) is 22.2 Å². The fraction of sp³-hybridized carbons (Fsp3) is 0.364. The van der Waals surface area contributed by atoms with Crippen molar-refractivity contribution < 1.29 is 14.3 Å². The highest BCUT2D eigenvalue weighted by atomic mass is 16.5. The number of rotatable bonds is 7. The molecule has 0 unspecified atom stereocenters. The third-order valence-electron chi connectivity index (χ3n) is 4.96. The summed E-state index contributed by atoms with van der Waals surface area (Å²) in [5.74, 6) is 0.723. The van der Waals surface area contributed by atoms with Crippen LogP contribution in [0.25, 0.3) is 0 Å². The number of ketones is 1. The number of anilines is 1. The molecule has 1 aliphatic heterocycles. The topological polar surface area (TPSA) is 61.9 Å². The molecule has 6 nitrogen and oxygen atoms in total. The van der Waals surface area contributed by atoms with Crippen LogP contribution in [-0.2, 0) is 11.2 Å². The van der Waals surface area contributed by atoms with E-state index in [0.717, 1.165) is 37.5 Å². The smallest absolute Gasteiger partial charge is 0.228 e. The molecule has 0 aliphatic carbocycles. The molecule has 1 amide bonds. The second kappa shape index (κ2) is 9.48. The van der Waals surface area contributed by atoms with Crippen LogP contribution in [0.3, 0.4) is 0 Å². The summed E-state index contributed by atoms with van der Waals surface area (Å²) in [7, 11) is 3.71. The van der Waals surface area contributed by atoms with Crippen molar-refractivity contribution >= 4 is 17.4 Å². The van der Waals surface area contributed by atoms with Gasteiger partial charge in [0.05, 0.1) is 20.1 Å². The van der Waals surface area contributed by atoms with Gasteiger partial charge in [-0.15, -0.1) is 0 Å². The maximum absolute atomic E-state index is 12.6. The van der Waals surface area contributed by atoms with E-state index in [1.54, 1.807) is 31.4 Å². The molecule has 0 radical (unpaired) electrons. The highest BCUT2D eigenvalue weighted by Crippen LogP contribution is 2.15. The van der Waals surface area contributed by atoms with Crippen LogP contribution in [0.5, 0.6) is 5.75 Å². The zero-order chi connectivity index (χ0) is 19.9. The number of Topliss-reactive ketones (excluding diaryl/α,β-unsaturated/α-hetero) is 1. The molecule has 1 aliphatic rings. The lowest BCUT2D eigenvalue weighted by atomic mass is 10.1. The summed E-state index contributed by atoms with van der Waals surface area (Å²) >= 11 is 0. The number of likely N-dealkylation sites (N-methyl/N-ethyl adjacent to an activating group) is 1. The molecule has 1 saturated heterocycles. The Balaban J connectivity index is 1.56. The third kappa shape index (κ3) is 5.65. The highest BCUT2D eigenvalue weighted by molar-refractivity contribution is 5.99. The summed E-state index contributed by atoms with van der Waals surface area (Å²) in [6.07, 6.45) is 0.267. The summed E-state index contributed by atoms with van der Waals surface area (Å²) in [5.41, 5.74) is 2.17. The van der Waals surface area contributed by atoms with Gasteiger partial charge >= 0.3 is 0 Å². The molecule has 6 heteroatoms. The van der Waals surface area contributed by atoms with Gasteiger partial charge in [-0.3, -0.25) is 14.5 Å². The number of methoxy groups -OCH3 is 1. The van der Waals surface area contributed by atoms with Crippen molar-refractivity contribution in [2.45, 2.75) is 6.42 Å². The number of carbonyl (C=O) groups is 2. The van der Waals surface area contributed by atoms with E-state index in [1.807, 2.05) is 24.3 Å². The summed E-state index contributed by atoms with van der Waals surface area (Å²) in [6, 6.07) is 14.6. The van der Waals surface area contributed by atoms with Crippen molar-refractivity contribution in [3.63, 3.8) is 0 Å². The number of amides is 1. The molecule has 1 N–H and O–H groups in total. The van der Waals surface area contributed by atoms with Crippen LogP contribution in [0, 0.1) is 0 Å². The molecule has 0 bridgehead atoms. The van der Waals surface area contributed by atoms with E-state index in [4.69, 9.17) is 4.74 Å². The zero-order valence-electron chi connectivity index (χ0n) is 16.5. The van der Waals surface area contributed by atoms with E-state index >= 15 is 0 Å². The predicted octanol–water partition coefficient (Wildman–Crippen LogP) is 2.31. The average Bonchev–Trinajstić information content (AvgIpc) is 2.70. The standard InChI is InChI=1S/C22H27N3O3/c1-24-10-12-25(13-11-24)16-21(26)18-4-3-5-19(15-18)23-22(27)14-17-6-8-20(28-2)9-7-17/h3-9,15H,10-14,16H2,1-2H3,(H,23,27). The number of carbonyl (C=O) groups excluding carboxylic acids is 2. The minimum atomic E-state index is -0.117. The first-order valence-electron chi connectivity index (χ1n) is 9.50. The Morgan fingerprint density at radius 2 is 1.75 bits per heavy atom. The normalized spacial score (nSPS) is 15.2. The summed E-state index contributed by atoms with van der Waals surface area (Å²) in [5, 5.41) is 2.88. The summed E-state index contributed by atoms with van der Waals surface area (Å²) in [4.78, 5) is 29.4. The molecular formula is C22H27N3O3. The van der Waals surface area contributed by atoms with Crippen molar-refractivity contribution in [3.05, 3.63) is 59.7 Å². The van der Waals surface area contributed by atoms with Crippen molar-refractivity contribution in [1.29, 1.82) is 0 Å². The molecule has 28 heavy (non-hydrogen) atoms. The fourth-order valence-corrected chi connectivity index (χ4v) is 3.20. The van der Waals surface area contributed by atoms with Gasteiger partial charge in [0, 0.05) is 37.4 Å². The van der Waals surface area contributed by atoms with Crippen LogP contribution in [0.4, 0.5) is 5.69 Å². The van der Waals surface area contributed by atoms with Crippen molar-refractivity contribution in [2.75, 3.05) is 52.2 Å². The van der Waals surface area contributed by atoms with Gasteiger partial charge in [0.1, 0.15) is 5.75 Å². The quantitative estimate of drug-likeness (QED) is 0.746. The number of hydrogen-bond acceptors (Lipinski definition) is 5. The maximum atomic E-state index is 12.6. The lowest BCUT2D eigenvalue weighted by Gasteiger charge is -2.31. The van der Waals surface area contributed by atoms with Gasteiger partial charge in [-0.1, -0.05) is 24.3 Å². The molecule has 3 rings (SSSR count). The van der Waals surface area contributed by atoms with Crippen LogP contribution in [0.2, 0.25) is 0 Å². The molecular weight excluding hydrogens is 354 g/mol. The van der Waals surface area contributed by atoms with Crippen molar-refractivity contribution in [3.8, 4) is 5.75 Å². The molecule has 1 heterocycles. The molecule has 2 aromatic rings. The molecule has 2 aromatic carbocycles. The van der Waals surface area contributed by atoms with E-state index in [1.165, 1.54) is 0 Å². The summed E-state index contributed by atoms with van der Waals surface area (Å²) in [6.45, 7) is 4.18. The first kappa shape index (κ1) is 20.0. The molecule has 0 spiro atoms. The predicted molar refractivity (Wildman–Crippen MR) is 110 cm³/mol. The van der Waals surface area contributed by atoms with Gasteiger partial charge in [-0.2, -0.15) is 0 Å². The van der Waals surface area contributed by atoms with Crippen LogP contribution >= 0.6 is 0 Å². The third-order valence-corrected chi connectivity index (χ3v) is 4.96. The molecule has 0 atom stereocenters. The van der Waals surface area contributed by atoms with Gasteiger partial charge in [0.25, 0.3) is 0 Å². The minimum Gasteiger partial charge on any atom is -0.497 e. The Morgan fingerprint density at radius 1 is 1.04 bits per heavy atom. The number of hydrogen-bond donors (Lipinski definition) is 1. The lowest BCUT2D eigenvalue weighted by Crippen LogP contribution is -2.46. The Morgan fingerprint density at radius 3 is 2.43 bits per heavy atom. The lowest BCUT2D eigenvalue weighted by molar-refractivity contribution is -0.115. The molecule has 1 fully saturated rings. The Bertz CT molecular complexity index is 812. The van der Waals surface area contributed by atoms with Crippen LogP contribution in [-0.4, -0.2) is 68.4 Å². The number of benzene rings is 2. The Hall–Kier alpha value is -2.70. The van der Waals surface area contributed by atoms with Gasteiger partial charge in [0.2, 0.25) is 5.91 Å². The molecule has 0 aromatic heterocycles. The molecule has 0 saturated carbocycles. The minimum absolute atomic E-state index is 0.0795. The zero-order valence-corrected chi connectivity index (χ0v) is 16.5. The van der Waals surface area contributed by atoms with Crippen LogP contribution in [0.1, 0.15) is 15.9 Å². The van der Waals surface area contributed by atoms with Crippen molar-refractivity contribution in [2.24, 2.45) is 0 Å². The van der Waals surface area contributed by atoms with E-state index < -0.39 is 0 Å². The SMILES string of the molecule is COc1ccc(CC(=O)Nc2cccc(C(=O)CN3CCN(C)CC3)c2)cc1. The van der Waals surface area contributed by atoms with E-state index in [0.29, 0.717) is 17.8 Å². The number of ether oxygens (including phenoxy) is 1. The Kier molecular flexibility index (Phi) is 6.79. The maximum Gasteiger partial charge on any atom is 0.228 e. The van der Waals surface area contributed by atoms with E-state index in [-0.39, 0.29) is 18.1 Å². The van der Waals surface area contributed by atoms with Crippen LogP contribution < -0.4 is 10.1 Å². The fourth-order valence-electron chi connectivity index (χ4n) is 3.20. The number of piperazine rings is 1. The first-order valence-corrected chi connectivity index (χ1v) is 9.50. The second-order valence-corrected chi connectivity index (χ2v) is 7.16. The largest absolute Gasteiger partial charge is 0.497 e. The van der Waals surface area contributed by atoms with Gasteiger partial charge < -0.3 is 15.0 Å². The van der Waals surface area contributed by atoms with Gasteiger partial charge in [0.15, 0.2) is 5.78 Å². The van der Waals surface area contributed by atoms with E-state index in [9.17, 15) is 9.59 Å². The second-order valence-electron chi connectivity index (χ2n) is 7.16.